The molecule has 2 amide bonds. The van der Waals surface area contributed by atoms with Gasteiger partial charge in [0.05, 0.1) is 23.1 Å². The van der Waals surface area contributed by atoms with Crippen LogP contribution >= 0.6 is 0 Å². The van der Waals surface area contributed by atoms with E-state index < -0.39 is 40.6 Å². The quantitative estimate of drug-likeness (QED) is 0.429. The van der Waals surface area contributed by atoms with Crippen LogP contribution in [0.2, 0.25) is 0 Å². The molecule has 0 atom stereocenters. The first-order valence-corrected chi connectivity index (χ1v) is 9.86. The van der Waals surface area contributed by atoms with Crippen LogP contribution in [0, 0.1) is 11.4 Å². The molecule has 0 spiro atoms. The van der Waals surface area contributed by atoms with E-state index in [0.29, 0.717) is 38.1 Å². The van der Waals surface area contributed by atoms with Crippen molar-refractivity contribution >= 4 is 17.5 Å². The van der Waals surface area contributed by atoms with Gasteiger partial charge in [0.15, 0.2) is 0 Å². The molecule has 2 N–H and O–H groups in total. The highest BCUT2D eigenvalue weighted by Crippen LogP contribution is 2.37. The first kappa shape index (κ1) is 25.6. The summed E-state index contributed by atoms with van der Waals surface area (Å²) in [6.07, 6.45) is -9.09. The van der Waals surface area contributed by atoms with Gasteiger partial charge in [-0.05, 0) is 50.8 Å². The first-order chi connectivity index (χ1) is 14.6. The molecular formula is C20H24F6N4O2. The van der Waals surface area contributed by atoms with E-state index in [2.05, 4.69) is 10.4 Å². The highest BCUT2D eigenvalue weighted by molar-refractivity contribution is 5.91. The van der Waals surface area contributed by atoms with Crippen LogP contribution < -0.4 is 5.32 Å². The molecule has 32 heavy (non-hydrogen) atoms. The van der Waals surface area contributed by atoms with E-state index in [9.17, 15) is 35.9 Å². The number of piperidine rings is 1. The number of alkyl halides is 6. The highest BCUT2D eigenvalue weighted by atomic mass is 19.4. The molecule has 178 valence electrons. The molecule has 0 bridgehead atoms. The normalized spacial score (nSPS) is 16.1. The minimum Gasteiger partial charge on any atom is -0.343 e. The maximum absolute atomic E-state index is 12.9. The number of hydrogen-bond donors (Lipinski definition) is 2. The van der Waals surface area contributed by atoms with Crippen molar-refractivity contribution < 1.29 is 35.9 Å². The van der Waals surface area contributed by atoms with Gasteiger partial charge in [0.2, 0.25) is 11.8 Å². The zero-order valence-corrected chi connectivity index (χ0v) is 17.5. The molecule has 1 fully saturated rings. The van der Waals surface area contributed by atoms with Gasteiger partial charge < -0.3 is 10.2 Å². The second-order valence-electron chi connectivity index (χ2n) is 8.47. The van der Waals surface area contributed by atoms with E-state index in [4.69, 9.17) is 5.53 Å². The zero-order valence-electron chi connectivity index (χ0n) is 17.5. The van der Waals surface area contributed by atoms with Crippen LogP contribution in [0.3, 0.4) is 0 Å². The van der Waals surface area contributed by atoms with Gasteiger partial charge in [0.25, 0.3) is 0 Å². The molecule has 0 aliphatic carbocycles. The lowest BCUT2D eigenvalue weighted by Gasteiger charge is -2.33. The Morgan fingerprint density at radius 2 is 1.53 bits per heavy atom. The molecule has 1 aliphatic rings. The molecule has 0 aromatic heterocycles. The molecule has 0 unspecified atom stereocenters. The standard InChI is InChI=1S/C20H24F6N4O2/c1-18(2,29-27)11-17(32)30-5-3-12(4-6-30)7-16(31)28-15-9-13(19(21,22)23)8-14(10-15)20(24,25)26/h8-10,12,27H,3-7,11H2,1-2H3,(H,28,31). The van der Waals surface area contributed by atoms with Crippen molar-refractivity contribution in [2.75, 3.05) is 18.4 Å². The summed E-state index contributed by atoms with van der Waals surface area (Å²) in [4.78, 5) is 26.1. The fourth-order valence-corrected chi connectivity index (χ4v) is 3.41. The Labute approximate surface area is 180 Å². The summed E-state index contributed by atoms with van der Waals surface area (Å²) in [6, 6.07) is 0.929. The maximum atomic E-state index is 12.9. The molecule has 0 radical (unpaired) electrons. The lowest BCUT2D eigenvalue weighted by Crippen LogP contribution is -2.41. The van der Waals surface area contributed by atoms with Crippen LogP contribution in [-0.4, -0.2) is 35.3 Å². The van der Waals surface area contributed by atoms with E-state index in [-0.39, 0.29) is 30.7 Å². The third-order valence-corrected chi connectivity index (χ3v) is 5.20. The van der Waals surface area contributed by atoms with Crippen LogP contribution in [0.4, 0.5) is 32.0 Å². The smallest absolute Gasteiger partial charge is 0.343 e. The predicted molar refractivity (Wildman–Crippen MR) is 103 cm³/mol. The van der Waals surface area contributed by atoms with Crippen molar-refractivity contribution in [1.82, 2.24) is 4.90 Å². The van der Waals surface area contributed by atoms with Gasteiger partial charge in [-0.1, -0.05) is 0 Å². The Morgan fingerprint density at radius 1 is 1.03 bits per heavy atom. The fraction of sp³-hybridized carbons (Fsp3) is 0.600. The minimum atomic E-state index is -5.00. The van der Waals surface area contributed by atoms with Crippen LogP contribution in [0.25, 0.3) is 0 Å². The number of nitrogens with one attached hydrogen (secondary N) is 2. The average Bonchev–Trinajstić information content (AvgIpc) is 2.66. The number of carbonyl (C=O) groups excluding carboxylic acids is 2. The molecule has 6 nitrogen and oxygen atoms in total. The Kier molecular flexibility index (Phi) is 7.56. The Hall–Kier alpha value is -2.66. The number of halogens is 6. The Balaban J connectivity index is 1.98. The van der Waals surface area contributed by atoms with E-state index in [1.54, 1.807) is 18.7 Å². The van der Waals surface area contributed by atoms with E-state index in [1.165, 1.54) is 0 Å². The fourth-order valence-electron chi connectivity index (χ4n) is 3.41. The maximum Gasteiger partial charge on any atom is 0.416 e. The van der Waals surface area contributed by atoms with Crippen LogP contribution in [0.1, 0.15) is 50.7 Å². The lowest BCUT2D eigenvalue weighted by molar-refractivity contribution is -0.143. The molecule has 1 aliphatic heterocycles. The van der Waals surface area contributed by atoms with Gasteiger partial charge in [-0.2, -0.15) is 31.5 Å². The number of amides is 2. The predicted octanol–water partition coefficient (Wildman–Crippen LogP) is 5.49. The van der Waals surface area contributed by atoms with Gasteiger partial charge in [0, 0.05) is 25.2 Å². The van der Waals surface area contributed by atoms with Crippen molar-refractivity contribution in [2.45, 2.75) is 57.4 Å². The SMILES string of the molecule is CC(C)(CC(=O)N1CCC(CC(=O)Nc2cc(C(F)(F)F)cc(C(F)(F)F)c2)CC1)N=N. The van der Waals surface area contributed by atoms with Crippen molar-refractivity contribution in [2.24, 2.45) is 11.0 Å². The minimum absolute atomic E-state index is 0.00230. The number of hydrogen-bond acceptors (Lipinski definition) is 4. The molecule has 1 aromatic rings. The molecule has 2 rings (SSSR count). The number of likely N-dealkylation sites (tertiary alicyclic amines) is 1. The summed E-state index contributed by atoms with van der Waals surface area (Å²) in [5.74, 6) is -1.03. The first-order valence-electron chi connectivity index (χ1n) is 9.86. The summed E-state index contributed by atoms with van der Waals surface area (Å²) in [7, 11) is 0. The van der Waals surface area contributed by atoms with Crippen molar-refractivity contribution in [3.63, 3.8) is 0 Å². The lowest BCUT2D eigenvalue weighted by atomic mass is 9.92. The number of benzene rings is 1. The van der Waals surface area contributed by atoms with Crippen molar-refractivity contribution in [3.8, 4) is 0 Å². The second kappa shape index (κ2) is 9.45. The van der Waals surface area contributed by atoms with E-state index in [0.717, 1.165) is 0 Å². The average molecular weight is 466 g/mol. The number of anilines is 1. The molecule has 1 aromatic carbocycles. The molecule has 0 saturated carbocycles. The third-order valence-electron chi connectivity index (χ3n) is 5.20. The van der Waals surface area contributed by atoms with Crippen molar-refractivity contribution in [3.05, 3.63) is 29.3 Å². The number of carbonyl (C=O) groups is 2. The van der Waals surface area contributed by atoms with Gasteiger partial charge >= 0.3 is 12.4 Å². The van der Waals surface area contributed by atoms with E-state index >= 15 is 0 Å². The Bertz CT molecular complexity index is 826. The van der Waals surface area contributed by atoms with Crippen LogP contribution in [-0.2, 0) is 21.9 Å². The third kappa shape index (κ3) is 7.20. The van der Waals surface area contributed by atoms with Gasteiger partial charge in [-0.15, -0.1) is 0 Å². The topological polar surface area (TPSA) is 85.6 Å². The summed E-state index contributed by atoms with van der Waals surface area (Å²) >= 11 is 0. The summed E-state index contributed by atoms with van der Waals surface area (Å²) in [5.41, 5.74) is 2.70. The summed E-state index contributed by atoms with van der Waals surface area (Å²) in [5, 5.41) is 5.53. The Morgan fingerprint density at radius 3 is 1.97 bits per heavy atom. The molecular weight excluding hydrogens is 442 g/mol. The van der Waals surface area contributed by atoms with Crippen molar-refractivity contribution in [1.29, 1.82) is 5.53 Å². The molecule has 1 saturated heterocycles. The highest BCUT2D eigenvalue weighted by Gasteiger charge is 2.37. The van der Waals surface area contributed by atoms with Crippen LogP contribution in [0.5, 0.6) is 0 Å². The number of rotatable bonds is 6. The van der Waals surface area contributed by atoms with Gasteiger partial charge in [-0.3, -0.25) is 9.59 Å². The van der Waals surface area contributed by atoms with Gasteiger partial charge in [0.1, 0.15) is 0 Å². The summed E-state index contributed by atoms with van der Waals surface area (Å²) < 4.78 is 77.7. The molecule has 1 heterocycles. The zero-order chi connectivity index (χ0) is 24.3. The van der Waals surface area contributed by atoms with E-state index in [1.807, 2.05) is 0 Å². The number of nitrogens with zero attached hydrogens (tertiary/aromatic N) is 2. The largest absolute Gasteiger partial charge is 0.416 e. The second-order valence-corrected chi connectivity index (χ2v) is 8.47. The van der Waals surface area contributed by atoms with Crippen LogP contribution in [0.15, 0.2) is 23.3 Å². The molecule has 12 heteroatoms. The summed E-state index contributed by atoms with van der Waals surface area (Å²) in [6.45, 7) is 4.05. The van der Waals surface area contributed by atoms with Gasteiger partial charge in [-0.25, -0.2) is 5.53 Å². The monoisotopic (exact) mass is 466 g/mol.